The van der Waals surface area contributed by atoms with E-state index in [1.165, 1.54) is 23.5 Å². The Kier molecular flexibility index (Phi) is 7.20. The molecule has 0 N–H and O–H groups in total. The fourth-order valence-electron chi connectivity index (χ4n) is 3.12. The Bertz CT molecular complexity index is 777. The molecule has 1 aromatic rings. The summed E-state index contributed by atoms with van der Waals surface area (Å²) in [6.45, 7) is 6.07. The van der Waals surface area contributed by atoms with Gasteiger partial charge < -0.3 is 14.5 Å². The Morgan fingerprint density at radius 1 is 1.07 bits per heavy atom. The molecule has 0 unspecified atom stereocenters. The summed E-state index contributed by atoms with van der Waals surface area (Å²) in [5.74, 6) is -0.238. The molecule has 27 heavy (non-hydrogen) atoms. The topological polar surface area (TPSA) is 87.2 Å². The summed E-state index contributed by atoms with van der Waals surface area (Å²) in [5, 5.41) is 0. The molecule has 0 saturated carbocycles. The van der Waals surface area contributed by atoms with Crippen molar-refractivity contribution in [3.8, 4) is 0 Å². The van der Waals surface area contributed by atoms with Gasteiger partial charge >= 0.3 is 6.09 Å². The van der Waals surface area contributed by atoms with Crippen molar-refractivity contribution in [1.82, 2.24) is 14.1 Å². The van der Waals surface area contributed by atoms with Crippen LogP contribution in [0.4, 0.5) is 4.79 Å². The van der Waals surface area contributed by atoms with Crippen molar-refractivity contribution in [2.24, 2.45) is 0 Å². The van der Waals surface area contributed by atoms with Crippen LogP contribution >= 0.6 is 0 Å². The van der Waals surface area contributed by atoms with Crippen molar-refractivity contribution >= 4 is 22.0 Å². The lowest BCUT2D eigenvalue weighted by atomic mass is 10.2. The minimum absolute atomic E-state index is 0.114. The van der Waals surface area contributed by atoms with E-state index in [0.717, 1.165) is 0 Å². The second-order valence-electron chi connectivity index (χ2n) is 6.22. The molecule has 0 atom stereocenters. The summed E-state index contributed by atoms with van der Waals surface area (Å²) in [7, 11) is -2.29. The van der Waals surface area contributed by atoms with Crippen molar-refractivity contribution in [2.45, 2.75) is 25.2 Å². The van der Waals surface area contributed by atoms with Crippen LogP contribution in [0, 0.1) is 0 Å². The van der Waals surface area contributed by atoms with Crippen LogP contribution in [0.1, 0.15) is 30.6 Å². The maximum absolute atomic E-state index is 12.9. The Labute approximate surface area is 160 Å². The molecule has 9 heteroatoms. The normalized spacial score (nSPS) is 15.6. The van der Waals surface area contributed by atoms with Gasteiger partial charge in [-0.15, -0.1) is 0 Å². The van der Waals surface area contributed by atoms with Gasteiger partial charge in [-0.2, -0.15) is 4.31 Å². The molecular formula is C18H27N3O5S. The Morgan fingerprint density at radius 2 is 1.70 bits per heavy atom. The standard InChI is InChI=1S/C18H27N3O5S/c1-4-21(5-2)27(24,25)16-9-6-8-15(14-16)17(22)19-10-7-11-20(13-12-19)18(23)26-3/h6,8-9,14H,4-5,7,10-13H2,1-3H3. The third-order valence-electron chi connectivity index (χ3n) is 4.64. The summed E-state index contributed by atoms with van der Waals surface area (Å²) in [6, 6.07) is 6.14. The third-order valence-corrected chi connectivity index (χ3v) is 6.69. The number of carbonyl (C=O) groups excluding carboxylic acids is 2. The molecule has 0 radical (unpaired) electrons. The average Bonchev–Trinajstić information content (AvgIpc) is 2.94. The highest BCUT2D eigenvalue weighted by Gasteiger charge is 2.26. The van der Waals surface area contributed by atoms with Gasteiger partial charge in [0.25, 0.3) is 5.91 Å². The molecule has 8 nitrogen and oxygen atoms in total. The Hall–Kier alpha value is -2.13. The SMILES string of the molecule is CCN(CC)S(=O)(=O)c1cccc(C(=O)N2CCCN(C(=O)OC)CC2)c1. The van der Waals surface area contributed by atoms with Gasteiger partial charge in [0.05, 0.1) is 12.0 Å². The van der Waals surface area contributed by atoms with E-state index in [-0.39, 0.29) is 10.8 Å². The second-order valence-corrected chi connectivity index (χ2v) is 8.16. The fourth-order valence-corrected chi connectivity index (χ4v) is 4.62. The predicted octanol–water partition coefficient (Wildman–Crippen LogP) is 1.63. The first-order valence-electron chi connectivity index (χ1n) is 9.07. The van der Waals surface area contributed by atoms with Crippen molar-refractivity contribution in [1.29, 1.82) is 0 Å². The number of hydrogen-bond acceptors (Lipinski definition) is 5. The number of benzene rings is 1. The van der Waals surface area contributed by atoms with Crippen LogP contribution < -0.4 is 0 Å². The number of methoxy groups -OCH3 is 1. The van der Waals surface area contributed by atoms with Crippen LogP contribution in [-0.2, 0) is 14.8 Å². The van der Waals surface area contributed by atoms with E-state index in [0.29, 0.717) is 51.3 Å². The third kappa shape index (κ3) is 4.78. The lowest BCUT2D eigenvalue weighted by molar-refractivity contribution is 0.0757. The quantitative estimate of drug-likeness (QED) is 0.754. The summed E-state index contributed by atoms with van der Waals surface area (Å²) in [5.41, 5.74) is 0.328. The summed E-state index contributed by atoms with van der Waals surface area (Å²) in [4.78, 5) is 27.9. The molecule has 1 aliphatic rings. The number of ether oxygens (including phenoxy) is 1. The molecule has 2 amide bonds. The van der Waals surface area contributed by atoms with Crippen LogP contribution in [0.15, 0.2) is 29.2 Å². The number of carbonyl (C=O) groups is 2. The van der Waals surface area contributed by atoms with Crippen LogP contribution in [0.25, 0.3) is 0 Å². The highest BCUT2D eigenvalue weighted by atomic mass is 32.2. The first kappa shape index (κ1) is 21.2. The van der Waals surface area contributed by atoms with Crippen molar-refractivity contribution in [3.63, 3.8) is 0 Å². The number of hydrogen-bond donors (Lipinski definition) is 0. The minimum atomic E-state index is -3.63. The smallest absolute Gasteiger partial charge is 0.409 e. The Balaban J connectivity index is 2.19. The molecule has 2 rings (SSSR count). The number of rotatable bonds is 5. The zero-order valence-corrected chi connectivity index (χ0v) is 16.9. The van der Waals surface area contributed by atoms with Crippen LogP contribution in [-0.4, -0.2) is 80.9 Å². The zero-order chi connectivity index (χ0) is 20.0. The fraction of sp³-hybridized carbons (Fsp3) is 0.556. The Morgan fingerprint density at radius 3 is 2.33 bits per heavy atom. The molecule has 1 fully saturated rings. The van der Waals surface area contributed by atoms with Crippen molar-refractivity contribution in [3.05, 3.63) is 29.8 Å². The van der Waals surface area contributed by atoms with Gasteiger partial charge in [0, 0.05) is 44.8 Å². The van der Waals surface area contributed by atoms with Gasteiger partial charge in [0.1, 0.15) is 0 Å². The number of amides is 2. The van der Waals surface area contributed by atoms with E-state index < -0.39 is 16.1 Å². The van der Waals surface area contributed by atoms with E-state index in [2.05, 4.69) is 0 Å². The van der Waals surface area contributed by atoms with Gasteiger partial charge in [-0.25, -0.2) is 13.2 Å². The van der Waals surface area contributed by atoms with E-state index in [4.69, 9.17) is 4.74 Å². The molecule has 0 spiro atoms. The molecule has 0 aliphatic carbocycles. The van der Waals surface area contributed by atoms with Crippen LogP contribution in [0.3, 0.4) is 0 Å². The molecule has 1 aliphatic heterocycles. The lowest BCUT2D eigenvalue weighted by Crippen LogP contribution is -2.37. The van der Waals surface area contributed by atoms with Gasteiger partial charge in [0.2, 0.25) is 10.0 Å². The molecule has 1 saturated heterocycles. The minimum Gasteiger partial charge on any atom is -0.453 e. The first-order chi connectivity index (χ1) is 12.8. The largest absolute Gasteiger partial charge is 0.453 e. The summed E-state index contributed by atoms with van der Waals surface area (Å²) >= 11 is 0. The maximum atomic E-state index is 12.9. The maximum Gasteiger partial charge on any atom is 0.409 e. The van der Waals surface area contributed by atoms with Gasteiger partial charge in [-0.1, -0.05) is 19.9 Å². The number of nitrogens with zero attached hydrogens (tertiary/aromatic N) is 3. The van der Waals surface area contributed by atoms with Gasteiger partial charge in [-0.05, 0) is 24.6 Å². The van der Waals surface area contributed by atoms with Gasteiger partial charge in [-0.3, -0.25) is 4.79 Å². The highest BCUT2D eigenvalue weighted by molar-refractivity contribution is 7.89. The monoisotopic (exact) mass is 397 g/mol. The molecule has 0 aromatic heterocycles. The van der Waals surface area contributed by atoms with Crippen molar-refractivity contribution in [2.75, 3.05) is 46.4 Å². The summed E-state index contributed by atoms with van der Waals surface area (Å²) < 4.78 is 31.5. The van der Waals surface area contributed by atoms with E-state index in [1.54, 1.807) is 35.8 Å². The molecule has 1 aromatic carbocycles. The number of sulfonamides is 1. The molecule has 1 heterocycles. The molecular weight excluding hydrogens is 370 g/mol. The lowest BCUT2D eigenvalue weighted by Gasteiger charge is -2.22. The first-order valence-corrected chi connectivity index (χ1v) is 10.5. The van der Waals surface area contributed by atoms with Crippen LogP contribution in [0.5, 0.6) is 0 Å². The zero-order valence-electron chi connectivity index (χ0n) is 16.1. The summed E-state index contributed by atoms with van der Waals surface area (Å²) in [6.07, 6.45) is 0.231. The van der Waals surface area contributed by atoms with E-state index in [9.17, 15) is 18.0 Å². The van der Waals surface area contributed by atoms with Crippen LogP contribution in [0.2, 0.25) is 0 Å². The predicted molar refractivity (Wildman–Crippen MR) is 101 cm³/mol. The average molecular weight is 397 g/mol. The molecule has 150 valence electrons. The van der Waals surface area contributed by atoms with E-state index >= 15 is 0 Å². The molecule has 0 bridgehead atoms. The second kappa shape index (κ2) is 9.18. The van der Waals surface area contributed by atoms with E-state index in [1.807, 2.05) is 0 Å². The van der Waals surface area contributed by atoms with Gasteiger partial charge in [0.15, 0.2) is 0 Å². The van der Waals surface area contributed by atoms with Crippen molar-refractivity contribution < 1.29 is 22.7 Å². The highest BCUT2D eigenvalue weighted by Crippen LogP contribution is 2.18.